The van der Waals surface area contributed by atoms with Gasteiger partial charge in [-0.1, -0.05) is 23.7 Å². The lowest BCUT2D eigenvalue weighted by Gasteiger charge is -2.19. The average molecular weight is 294 g/mol. The molecule has 5 nitrogen and oxygen atoms in total. The van der Waals surface area contributed by atoms with Crippen molar-refractivity contribution in [1.29, 1.82) is 0 Å². The molecule has 0 spiro atoms. The molecule has 0 atom stereocenters. The number of halogens is 1. The zero-order valence-electron chi connectivity index (χ0n) is 11.1. The second kappa shape index (κ2) is 6.54. The Morgan fingerprint density at radius 1 is 1.40 bits per heavy atom. The zero-order valence-corrected chi connectivity index (χ0v) is 11.9. The number of aliphatic hydroxyl groups is 1. The Labute approximate surface area is 122 Å². The van der Waals surface area contributed by atoms with Gasteiger partial charge >= 0.3 is 0 Å². The fourth-order valence-corrected chi connectivity index (χ4v) is 2.11. The standard InChI is InChI=1S/C14H16ClN3O2/c1-2-18(7-8-19)14(20)12-9-16-17-13(12)10-3-5-11(15)6-4-10/h3-6,9,19H,2,7-8H2,1H3,(H,16,17). The van der Waals surface area contributed by atoms with Crippen molar-refractivity contribution in [2.24, 2.45) is 0 Å². The molecule has 0 saturated heterocycles. The van der Waals surface area contributed by atoms with Gasteiger partial charge in [-0.25, -0.2) is 0 Å². The van der Waals surface area contributed by atoms with E-state index in [0.717, 1.165) is 5.56 Å². The van der Waals surface area contributed by atoms with Crippen LogP contribution in [0.3, 0.4) is 0 Å². The molecule has 0 fully saturated rings. The molecule has 0 bridgehead atoms. The SMILES string of the molecule is CCN(CCO)C(=O)c1cn[nH]c1-c1ccc(Cl)cc1. The first-order chi connectivity index (χ1) is 9.67. The first kappa shape index (κ1) is 14.6. The summed E-state index contributed by atoms with van der Waals surface area (Å²) in [6.45, 7) is 2.65. The average Bonchev–Trinajstić information content (AvgIpc) is 2.94. The molecule has 20 heavy (non-hydrogen) atoms. The van der Waals surface area contributed by atoms with E-state index < -0.39 is 0 Å². The number of aromatic amines is 1. The van der Waals surface area contributed by atoms with Crippen molar-refractivity contribution in [3.05, 3.63) is 41.0 Å². The minimum absolute atomic E-state index is 0.0618. The Kier molecular flexibility index (Phi) is 4.76. The van der Waals surface area contributed by atoms with Gasteiger partial charge in [-0.05, 0) is 19.1 Å². The highest BCUT2D eigenvalue weighted by Crippen LogP contribution is 2.23. The number of carbonyl (C=O) groups is 1. The van der Waals surface area contributed by atoms with Crippen molar-refractivity contribution in [1.82, 2.24) is 15.1 Å². The van der Waals surface area contributed by atoms with Gasteiger partial charge in [-0.2, -0.15) is 5.10 Å². The molecule has 1 amide bonds. The molecule has 2 aromatic rings. The molecular formula is C14H16ClN3O2. The van der Waals surface area contributed by atoms with Gasteiger partial charge in [0, 0.05) is 23.7 Å². The Morgan fingerprint density at radius 2 is 2.10 bits per heavy atom. The maximum absolute atomic E-state index is 12.4. The number of rotatable bonds is 5. The fraction of sp³-hybridized carbons (Fsp3) is 0.286. The van der Waals surface area contributed by atoms with E-state index in [1.165, 1.54) is 6.20 Å². The van der Waals surface area contributed by atoms with Crippen molar-refractivity contribution in [3.63, 3.8) is 0 Å². The number of aliphatic hydroxyl groups excluding tert-OH is 1. The summed E-state index contributed by atoms with van der Waals surface area (Å²) in [6.07, 6.45) is 1.51. The molecule has 0 aliphatic heterocycles. The van der Waals surface area contributed by atoms with Crippen molar-refractivity contribution < 1.29 is 9.90 Å². The van der Waals surface area contributed by atoms with Crippen LogP contribution in [0, 0.1) is 0 Å². The van der Waals surface area contributed by atoms with E-state index in [4.69, 9.17) is 16.7 Å². The summed E-state index contributed by atoms with van der Waals surface area (Å²) in [7, 11) is 0. The van der Waals surface area contributed by atoms with Crippen LogP contribution in [0.15, 0.2) is 30.5 Å². The van der Waals surface area contributed by atoms with Gasteiger partial charge in [0.1, 0.15) is 0 Å². The lowest BCUT2D eigenvalue weighted by molar-refractivity contribution is 0.0733. The van der Waals surface area contributed by atoms with Crippen LogP contribution in [0.5, 0.6) is 0 Å². The van der Waals surface area contributed by atoms with Crippen LogP contribution < -0.4 is 0 Å². The number of carbonyl (C=O) groups excluding carboxylic acids is 1. The molecule has 2 rings (SSSR count). The van der Waals surface area contributed by atoms with E-state index >= 15 is 0 Å². The highest BCUT2D eigenvalue weighted by molar-refractivity contribution is 6.30. The molecule has 106 valence electrons. The van der Waals surface area contributed by atoms with Crippen LogP contribution in [0.2, 0.25) is 5.02 Å². The summed E-state index contributed by atoms with van der Waals surface area (Å²) in [6, 6.07) is 7.18. The van der Waals surface area contributed by atoms with Crippen LogP contribution in [0.4, 0.5) is 0 Å². The van der Waals surface area contributed by atoms with Crippen LogP contribution in [0.25, 0.3) is 11.3 Å². The molecule has 0 saturated carbocycles. The molecule has 1 aromatic carbocycles. The van der Waals surface area contributed by atoms with E-state index in [0.29, 0.717) is 29.4 Å². The summed E-state index contributed by atoms with van der Waals surface area (Å²) in [5.74, 6) is -0.153. The van der Waals surface area contributed by atoms with Crippen LogP contribution in [0.1, 0.15) is 17.3 Å². The second-order valence-corrected chi connectivity index (χ2v) is 4.71. The minimum Gasteiger partial charge on any atom is -0.395 e. The van der Waals surface area contributed by atoms with E-state index in [-0.39, 0.29) is 12.5 Å². The number of nitrogens with one attached hydrogen (secondary N) is 1. The third-order valence-corrected chi connectivity index (χ3v) is 3.29. The number of amides is 1. The molecule has 6 heteroatoms. The third kappa shape index (κ3) is 3.00. The molecule has 1 heterocycles. The minimum atomic E-state index is -0.153. The molecule has 2 N–H and O–H groups in total. The van der Waals surface area contributed by atoms with Gasteiger partial charge in [0.2, 0.25) is 0 Å². The Bertz CT molecular complexity index is 580. The highest BCUT2D eigenvalue weighted by atomic mass is 35.5. The van der Waals surface area contributed by atoms with Gasteiger partial charge in [-0.15, -0.1) is 0 Å². The quantitative estimate of drug-likeness (QED) is 0.888. The summed E-state index contributed by atoms with van der Waals surface area (Å²) in [5, 5.41) is 16.4. The van der Waals surface area contributed by atoms with Gasteiger partial charge in [0.15, 0.2) is 0 Å². The molecule has 1 aromatic heterocycles. The Morgan fingerprint density at radius 3 is 2.70 bits per heavy atom. The molecule has 0 aliphatic carbocycles. The molecule has 0 unspecified atom stereocenters. The molecule has 0 aliphatic rings. The molecular weight excluding hydrogens is 278 g/mol. The molecule has 0 radical (unpaired) electrons. The maximum atomic E-state index is 12.4. The van der Waals surface area contributed by atoms with Crippen LogP contribution >= 0.6 is 11.6 Å². The number of likely N-dealkylation sites (N-methyl/N-ethyl adjacent to an activating group) is 1. The number of benzene rings is 1. The summed E-state index contributed by atoms with van der Waals surface area (Å²) < 4.78 is 0. The predicted octanol–water partition coefficient (Wildman–Crippen LogP) is 2.18. The van der Waals surface area contributed by atoms with Crippen molar-refractivity contribution in [2.75, 3.05) is 19.7 Å². The van der Waals surface area contributed by atoms with Crippen molar-refractivity contribution in [2.45, 2.75) is 6.92 Å². The topological polar surface area (TPSA) is 69.2 Å². The Hall–Kier alpha value is -1.85. The first-order valence-electron chi connectivity index (χ1n) is 6.36. The van der Waals surface area contributed by atoms with Gasteiger partial charge < -0.3 is 10.0 Å². The first-order valence-corrected chi connectivity index (χ1v) is 6.74. The normalized spacial score (nSPS) is 10.6. The predicted molar refractivity (Wildman–Crippen MR) is 77.7 cm³/mol. The number of hydrogen-bond acceptors (Lipinski definition) is 3. The van der Waals surface area contributed by atoms with E-state index in [1.54, 1.807) is 17.0 Å². The summed E-state index contributed by atoms with van der Waals surface area (Å²) in [4.78, 5) is 14.0. The van der Waals surface area contributed by atoms with Crippen molar-refractivity contribution in [3.8, 4) is 11.3 Å². The van der Waals surface area contributed by atoms with E-state index in [1.807, 2.05) is 19.1 Å². The highest BCUT2D eigenvalue weighted by Gasteiger charge is 2.19. The van der Waals surface area contributed by atoms with Crippen molar-refractivity contribution >= 4 is 17.5 Å². The largest absolute Gasteiger partial charge is 0.395 e. The van der Waals surface area contributed by atoms with E-state index in [2.05, 4.69) is 10.2 Å². The number of hydrogen-bond donors (Lipinski definition) is 2. The summed E-state index contributed by atoms with van der Waals surface area (Å²) in [5.41, 5.74) is 1.99. The number of H-pyrrole nitrogens is 1. The van der Waals surface area contributed by atoms with E-state index in [9.17, 15) is 4.79 Å². The lowest BCUT2D eigenvalue weighted by atomic mass is 10.1. The van der Waals surface area contributed by atoms with Gasteiger partial charge in [-0.3, -0.25) is 9.89 Å². The van der Waals surface area contributed by atoms with Crippen LogP contribution in [-0.2, 0) is 0 Å². The fourth-order valence-electron chi connectivity index (χ4n) is 1.98. The lowest BCUT2D eigenvalue weighted by Crippen LogP contribution is -2.33. The monoisotopic (exact) mass is 293 g/mol. The number of nitrogens with zero attached hydrogens (tertiary/aromatic N) is 2. The zero-order chi connectivity index (χ0) is 14.5. The second-order valence-electron chi connectivity index (χ2n) is 4.27. The van der Waals surface area contributed by atoms with Gasteiger partial charge in [0.25, 0.3) is 5.91 Å². The van der Waals surface area contributed by atoms with Gasteiger partial charge in [0.05, 0.1) is 24.1 Å². The van der Waals surface area contributed by atoms with Crippen LogP contribution in [-0.4, -0.2) is 45.8 Å². The maximum Gasteiger partial charge on any atom is 0.257 e. The Balaban J connectivity index is 2.32. The smallest absolute Gasteiger partial charge is 0.257 e. The third-order valence-electron chi connectivity index (χ3n) is 3.04. The summed E-state index contributed by atoms with van der Waals surface area (Å²) >= 11 is 5.86. The number of aromatic nitrogens is 2.